The molecule has 3 aliphatic heterocycles. The van der Waals surface area contributed by atoms with E-state index in [-0.39, 0.29) is 22.9 Å². The topological polar surface area (TPSA) is 56.4 Å². The molecule has 0 spiro atoms. The van der Waals surface area contributed by atoms with Crippen LogP contribution >= 0.6 is 0 Å². The number of hydrogen-bond acceptors (Lipinski definition) is 3. The number of pyridine rings is 1. The Bertz CT molecular complexity index is 846. The molecule has 2 atom stereocenters. The number of fused-ring (bicyclic) bond motifs is 4. The second-order valence-corrected chi connectivity index (χ2v) is 7.63. The number of piperidine rings is 1. The SMILES string of the molecule is Cc1cc(=O)c(C(=O)N2CC3CCC2CN(Cc2ccccc2)C3)c[nH]1. The first-order valence-corrected chi connectivity index (χ1v) is 9.37. The smallest absolute Gasteiger partial charge is 0.259 e. The molecule has 3 saturated heterocycles. The first-order valence-electron chi connectivity index (χ1n) is 9.37. The van der Waals surface area contributed by atoms with Crippen molar-refractivity contribution >= 4 is 5.91 Å². The number of hydrogen-bond donors (Lipinski definition) is 1. The highest BCUT2D eigenvalue weighted by Gasteiger charge is 2.37. The molecule has 5 nitrogen and oxygen atoms in total. The van der Waals surface area contributed by atoms with Crippen molar-refractivity contribution in [3.63, 3.8) is 0 Å². The summed E-state index contributed by atoms with van der Waals surface area (Å²) in [6, 6.07) is 12.2. The van der Waals surface area contributed by atoms with Gasteiger partial charge in [0.1, 0.15) is 5.56 Å². The highest BCUT2D eigenvalue weighted by atomic mass is 16.2. The molecule has 5 rings (SSSR count). The number of rotatable bonds is 3. The molecule has 26 heavy (non-hydrogen) atoms. The molecule has 3 fully saturated rings. The predicted molar refractivity (Wildman–Crippen MR) is 101 cm³/mol. The molecule has 1 aromatic heterocycles. The third kappa shape index (κ3) is 3.44. The minimum absolute atomic E-state index is 0.123. The lowest BCUT2D eigenvalue weighted by Crippen LogP contribution is -2.48. The van der Waals surface area contributed by atoms with E-state index in [2.05, 4.69) is 34.1 Å². The van der Waals surface area contributed by atoms with Gasteiger partial charge in [-0.1, -0.05) is 30.3 Å². The lowest BCUT2D eigenvalue weighted by atomic mass is 9.94. The van der Waals surface area contributed by atoms with E-state index in [9.17, 15) is 9.59 Å². The van der Waals surface area contributed by atoms with Crippen molar-refractivity contribution in [3.8, 4) is 0 Å². The van der Waals surface area contributed by atoms with Gasteiger partial charge in [-0.25, -0.2) is 0 Å². The summed E-state index contributed by atoms with van der Waals surface area (Å²) in [7, 11) is 0. The summed E-state index contributed by atoms with van der Waals surface area (Å²) in [4.78, 5) is 32.7. The van der Waals surface area contributed by atoms with Crippen LogP contribution in [0.3, 0.4) is 0 Å². The monoisotopic (exact) mass is 351 g/mol. The molecule has 2 bridgehead atoms. The van der Waals surface area contributed by atoms with Crippen molar-refractivity contribution in [3.05, 3.63) is 69.6 Å². The van der Waals surface area contributed by atoms with Gasteiger partial charge in [0, 0.05) is 50.2 Å². The first kappa shape index (κ1) is 17.0. The molecule has 1 amide bonds. The maximum atomic E-state index is 13.0. The Morgan fingerprint density at radius 1 is 1.15 bits per heavy atom. The molecule has 136 valence electrons. The number of aromatic amines is 1. The zero-order valence-corrected chi connectivity index (χ0v) is 15.1. The Hall–Kier alpha value is -2.40. The fraction of sp³-hybridized carbons (Fsp3) is 0.429. The van der Waals surface area contributed by atoms with Crippen molar-refractivity contribution in [1.82, 2.24) is 14.8 Å². The van der Waals surface area contributed by atoms with Crippen LogP contribution in [0.25, 0.3) is 0 Å². The number of H-pyrrole nitrogens is 1. The van der Waals surface area contributed by atoms with Crippen LogP contribution in [-0.2, 0) is 6.54 Å². The summed E-state index contributed by atoms with van der Waals surface area (Å²) in [5.41, 5.74) is 2.16. The van der Waals surface area contributed by atoms with E-state index in [0.29, 0.717) is 5.92 Å². The molecular formula is C21H25N3O2. The van der Waals surface area contributed by atoms with Crippen molar-refractivity contribution in [1.29, 1.82) is 0 Å². The highest BCUT2D eigenvalue weighted by molar-refractivity contribution is 5.94. The molecule has 5 heteroatoms. The van der Waals surface area contributed by atoms with Gasteiger partial charge in [-0.05, 0) is 31.2 Å². The minimum atomic E-state index is -0.187. The van der Waals surface area contributed by atoms with Crippen LogP contribution in [0.2, 0.25) is 0 Å². The van der Waals surface area contributed by atoms with E-state index < -0.39 is 0 Å². The maximum Gasteiger partial charge on any atom is 0.259 e. The van der Waals surface area contributed by atoms with Crippen molar-refractivity contribution < 1.29 is 4.79 Å². The molecule has 0 radical (unpaired) electrons. The van der Waals surface area contributed by atoms with Crippen molar-refractivity contribution in [2.45, 2.75) is 32.4 Å². The van der Waals surface area contributed by atoms with E-state index in [4.69, 9.17) is 0 Å². The Kier molecular flexibility index (Phi) is 4.64. The molecule has 2 unspecified atom stereocenters. The van der Waals surface area contributed by atoms with E-state index in [1.165, 1.54) is 11.6 Å². The van der Waals surface area contributed by atoms with E-state index in [1.54, 1.807) is 6.20 Å². The molecule has 4 heterocycles. The van der Waals surface area contributed by atoms with Crippen LogP contribution in [0.1, 0.15) is 34.5 Å². The molecule has 3 aliphatic rings. The zero-order chi connectivity index (χ0) is 18.1. The Labute approximate surface area is 153 Å². The van der Waals surface area contributed by atoms with Crippen LogP contribution in [0.5, 0.6) is 0 Å². The number of carbonyl (C=O) groups excluding carboxylic acids is 1. The van der Waals surface area contributed by atoms with Crippen LogP contribution in [0.15, 0.2) is 47.4 Å². The Morgan fingerprint density at radius 3 is 2.73 bits per heavy atom. The van der Waals surface area contributed by atoms with Gasteiger partial charge in [-0.3, -0.25) is 14.5 Å². The Balaban J connectivity index is 1.53. The summed E-state index contributed by atoms with van der Waals surface area (Å²) in [5, 5.41) is 0. The average molecular weight is 351 g/mol. The predicted octanol–water partition coefficient (Wildman–Crippen LogP) is 2.42. The largest absolute Gasteiger partial charge is 0.364 e. The van der Waals surface area contributed by atoms with Crippen LogP contribution in [0.4, 0.5) is 0 Å². The lowest BCUT2D eigenvalue weighted by molar-refractivity contribution is 0.0583. The van der Waals surface area contributed by atoms with Gasteiger partial charge in [0.2, 0.25) is 0 Å². The zero-order valence-electron chi connectivity index (χ0n) is 15.1. The van der Waals surface area contributed by atoms with E-state index in [1.807, 2.05) is 17.9 Å². The van der Waals surface area contributed by atoms with Gasteiger partial charge >= 0.3 is 0 Å². The summed E-state index contributed by atoms with van der Waals surface area (Å²) in [6.45, 7) is 5.38. The fourth-order valence-corrected chi connectivity index (χ4v) is 4.29. The highest BCUT2D eigenvalue weighted by Crippen LogP contribution is 2.29. The third-order valence-corrected chi connectivity index (χ3v) is 5.59. The molecular weight excluding hydrogens is 326 g/mol. The molecule has 1 aromatic carbocycles. The fourth-order valence-electron chi connectivity index (χ4n) is 4.29. The summed E-state index contributed by atoms with van der Waals surface area (Å²) < 4.78 is 0. The van der Waals surface area contributed by atoms with E-state index in [0.717, 1.165) is 44.7 Å². The number of nitrogens with one attached hydrogen (secondary N) is 1. The van der Waals surface area contributed by atoms with Gasteiger partial charge in [-0.15, -0.1) is 0 Å². The molecule has 1 N–H and O–H groups in total. The number of amides is 1. The van der Waals surface area contributed by atoms with Gasteiger partial charge in [0.05, 0.1) is 0 Å². The number of nitrogens with zero attached hydrogens (tertiary/aromatic N) is 2. The van der Waals surface area contributed by atoms with E-state index >= 15 is 0 Å². The van der Waals surface area contributed by atoms with Gasteiger partial charge in [0.25, 0.3) is 5.91 Å². The van der Waals surface area contributed by atoms with Crippen LogP contribution < -0.4 is 5.43 Å². The molecule has 2 aromatic rings. The van der Waals surface area contributed by atoms with Gasteiger partial charge < -0.3 is 9.88 Å². The van der Waals surface area contributed by atoms with Crippen LogP contribution in [-0.4, -0.2) is 46.4 Å². The lowest BCUT2D eigenvalue weighted by Gasteiger charge is -2.36. The number of aryl methyl sites for hydroxylation is 1. The quantitative estimate of drug-likeness (QED) is 0.924. The number of carbonyl (C=O) groups is 1. The minimum Gasteiger partial charge on any atom is -0.364 e. The number of aromatic nitrogens is 1. The standard InChI is InChI=1S/C21H25N3O2/c1-15-9-20(25)19(10-22-15)21(26)24-13-17-7-8-18(24)14-23(12-17)11-16-5-3-2-4-6-16/h2-6,9-10,17-18H,7-8,11-14H2,1H3,(H,22,25). The Morgan fingerprint density at radius 2 is 1.96 bits per heavy atom. The van der Waals surface area contributed by atoms with Gasteiger partial charge in [-0.2, -0.15) is 0 Å². The molecule has 0 saturated carbocycles. The molecule has 0 aliphatic carbocycles. The maximum absolute atomic E-state index is 13.0. The van der Waals surface area contributed by atoms with Crippen molar-refractivity contribution in [2.75, 3.05) is 19.6 Å². The van der Waals surface area contributed by atoms with Crippen molar-refractivity contribution in [2.24, 2.45) is 5.92 Å². The second kappa shape index (κ2) is 7.08. The van der Waals surface area contributed by atoms with Crippen LogP contribution in [0, 0.1) is 12.8 Å². The third-order valence-electron chi connectivity index (χ3n) is 5.59. The second-order valence-electron chi connectivity index (χ2n) is 7.63. The summed E-state index contributed by atoms with van der Waals surface area (Å²) in [5.74, 6) is 0.355. The normalized spacial score (nSPS) is 23.0. The average Bonchev–Trinajstić information content (AvgIpc) is 2.92. The number of benzene rings is 1. The summed E-state index contributed by atoms with van der Waals surface area (Å²) >= 11 is 0. The first-order chi connectivity index (χ1) is 12.6. The van der Waals surface area contributed by atoms with Gasteiger partial charge in [0.15, 0.2) is 5.43 Å². The summed E-state index contributed by atoms with van der Waals surface area (Å²) in [6.07, 6.45) is 3.75.